The Labute approximate surface area is 109 Å². The fourth-order valence-corrected chi connectivity index (χ4v) is 1.97. The molecule has 0 radical (unpaired) electrons. The molecule has 0 aliphatic carbocycles. The van der Waals surface area contributed by atoms with Crippen molar-refractivity contribution in [3.05, 3.63) is 41.1 Å². The predicted octanol–water partition coefficient (Wildman–Crippen LogP) is 0.595. The van der Waals surface area contributed by atoms with E-state index in [1.807, 2.05) is 0 Å². The second-order valence-electron chi connectivity index (χ2n) is 4.09. The molecule has 1 aliphatic heterocycles. The zero-order valence-electron chi connectivity index (χ0n) is 10.4. The van der Waals surface area contributed by atoms with E-state index in [1.165, 1.54) is 0 Å². The molecule has 1 aliphatic rings. The lowest BCUT2D eigenvalue weighted by Crippen LogP contribution is -2.48. The third-order valence-corrected chi connectivity index (χ3v) is 2.73. The first-order valence-electron chi connectivity index (χ1n) is 5.61. The molecule has 7 heteroatoms. The molecular weight excluding hydrogens is 250 g/mol. The molecule has 0 spiro atoms. The molecule has 0 bridgehead atoms. The zero-order valence-corrected chi connectivity index (χ0v) is 10.4. The average Bonchev–Trinajstić information content (AvgIpc) is 2.62. The van der Waals surface area contributed by atoms with Gasteiger partial charge in [-0.25, -0.2) is 0 Å². The standard InChI is InChI=1S/C12H12N3O4/c1-8(16)13-12(18)11(10-6-4-3-5-7-10)15(19)14(13)9(2)17/h3-7,11H,1-2H3/q-1. The molecule has 3 amide bonds. The summed E-state index contributed by atoms with van der Waals surface area (Å²) in [6, 6.07) is 7.05. The first-order valence-corrected chi connectivity index (χ1v) is 5.61. The number of imide groups is 1. The third kappa shape index (κ3) is 2.09. The number of hydrogen-bond donors (Lipinski definition) is 0. The third-order valence-electron chi connectivity index (χ3n) is 2.73. The molecule has 0 aromatic heterocycles. The van der Waals surface area contributed by atoms with Crippen molar-refractivity contribution in [1.82, 2.24) is 15.3 Å². The number of benzene rings is 1. The van der Waals surface area contributed by atoms with Crippen LogP contribution in [0.15, 0.2) is 30.3 Å². The monoisotopic (exact) mass is 262 g/mol. The first kappa shape index (κ1) is 13.2. The van der Waals surface area contributed by atoms with Crippen LogP contribution in [0.3, 0.4) is 0 Å². The lowest BCUT2D eigenvalue weighted by molar-refractivity contribution is -0.178. The van der Waals surface area contributed by atoms with Crippen LogP contribution in [0.4, 0.5) is 0 Å². The van der Waals surface area contributed by atoms with Crippen molar-refractivity contribution in [2.45, 2.75) is 19.9 Å². The summed E-state index contributed by atoms with van der Waals surface area (Å²) >= 11 is 0. The van der Waals surface area contributed by atoms with Crippen molar-refractivity contribution in [2.75, 3.05) is 0 Å². The quantitative estimate of drug-likeness (QED) is 0.739. The first-order chi connectivity index (χ1) is 8.95. The van der Waals surface area contributed by atoms with Gasteiger partial charge in [0.05, 0.1) is 0 Å². The van der Waals surface area contributed by atoms with Gasteiger partial charge in [0.15, 0.2) is 0 Å². The Morgan fingerprint density at radius 2 is 1.68 bits per heavy atom. The van der Waals surface area contributed by atoms with Gasteiger partial charge in [-0.2, -0.15) is 10.1 Å². The van der Waals surface area contributed by atoms with Crippen molar-refractivity contribution >= 4 is 17.7 Å². The van der Waals surface area contributed by atoms with Crippen LogP contribution in [0, 0.1) is 5.21 Å². The summed E-state index contributed by atoms with van der Waals surface area (Å²) in [5.41, 5.74) is 0.428. The number of hydrazine groups is 2. The highest BCUT2D eigenvalue weighted by Gasteiger charge is 2.44. The van der Waals surface area contributed by atoms with Gasteiger partial charge in [0.1, 0.15) is 6.04 Å². The summed E-state index contributed by atoms with van der Waals surface area (Å²) in [5, 5.41) is 13.4. The topological polar surface area (TPSA) is 84.0 Å². The van der Waals surface area contributed by atoms with Crippen LogP contribution < -0.4 is 0 Å². The highest BCUT2D eigenvalue weighted by molar-refractivity contribution is 6.00. The molecule has 1 fully saturated rings. The van der Waals surface area contributed by atoms with Crippen molar-refractivity contribution in [3.8, 4) is 0 Å². The van der Waals surface area contributed by atoms with Crippen LogP contribution >= 0.6 is 0 Å². The van der Waals surface area contributed by atoms with Crippen molar-refractivity contribution in [1.29, 1.82) is 0 Å². The zero-order chi connectivity index (χ0) is 14.2. The average molecular weight is 262 g/mol. The Morgan fingerprint density at radius 1 is 1.11 bits per heavy atom. The van der Waals surface area contributed by atoms with E-state index < -0.39 is 23.8 Å². The van der Waals surface area contributed by atoms with Gasteiger partial charge in [-0.15, -0.1) is 0 Å². The number of carbonyl (C=O) groups is 3. The molecule has 0 N–H and O–H groups in total. The molecule has 19 heavy (non-hydrogen) atoms. The molecule has 1 atom stereocenters. The fourth-order valence-electron chi connectivity index (χ4n) is 1.97. The number of rotatable bonds is 1. The molecule has 0 saturated carbocycles. The van der Waals surface area contributed by atoms with E-state index >= 15 is 0 Å². The molecule has 1 aromatic rings. The molecule has 2 rings (SSSR count). The van der Waals surface area contributed by atoms with Gasteiger partial charge in [0.2, 0.25) is 5.91 Å². The van der Waals surface area contributed by atoms with Crippen molar-refractivity contribution in [3.63, 3.8) is 0 Å². The number of amides is 3. The lowest BCUT2D eigenvalue weighted by atomic mass is 10.1. The van der Waals surface area contributed by atoms with Crippen LogP contribution in [0.5, 0.6) is 0 Å². The molecule has 100 valence electrons. The Hall–Kier alpha value is -2.25. The van der Waals surface area contributed by atoms with Crippen molar-refractivity contribution in [2.24, 2.45) is 0 Å². The van der Waals surface area contributed by atoms with Crippen LogP contribution in [0.1, 0.15) is 25.5 Å². The normalized spacial score (nSPS) is 19.9. The maximum absolute atomic E-state index is 12.1. The van der Waals surface area contributed by atoms with Crippen LogP contribution in [-0.2, 0) is 14.4 Å². The maximum Gasteiger partial charge on any atom is 0.272 e. The van der Waals surface area contributed by atoms with Gasteiger partial charge in [0, 0.05) is 13.8 Å². The van der Waals surface area contributed by atoms with Gasteiger partial charge in [-0.05, 0) is 5.56 Å². The molecule has 1 heterocycles. The predicted molar refractivity (Wildman–Crippen MR) is 64.4 cm³/mol. The summed E-state index contributed by atoms with van der Waals surface area (Å²) in [6.07, 6.45) is 0. The lowest BCUT2D eigenvalue weighted by Gasteiger charge is -2.36. The molecular formula is C12H12N3O4-. The Kier molecular flexibility index (Phi) is 3.32. The van der Waals surface area contributed by atoms with Gasteiger partial charge in [-0.3, -0.25) is 19.6 Å². The minimum atomic E-state index is -1.21. The number of carbonyl (C=O) groups excluding carboxylic acids is 3. The number of nitrogens with zero attached hydrogens (tertiary/aromatic N) is 3. The highest BCUT2D eigenvalue weighted by Crippen LogP contribution is 2.31. The van der Waals surface area contributed by atoms with Crippen molar-refractivity contribution < 1.29 is 14.4 Å². The second kappa shape index (κ2) is 4.79. The fraction of sp³-hybridized carbons (Fsp3) is 0.250. The maximum atomic E-state index is 12.1. The van der Waals surface area contributed by atoms with E-state index in [0.29, 0.717) is 15.7 Å². The van der Waals surface area contributed by atoms with E-state index in [0.717, 1.165) is 13.8 Å². The highest BCUT2D eigenvalue weighted by atomic mass is 16.6. The minimum absolute atomic E-state index is 0.224. The number of hydrogen-bond acceptors (Lipinski definition) is 5. The van der Waals surface area contributed by atoms with Crippen LogP contribution in [0.25, 0.3) is 0 Å². The SMILES string of the molecule is CC(=O)N1C(=O)C(c2ccccc2)N([O-])N1C(C)=O. The summed E-state index contributed by atoms with van der Waals surface area (Å²) in [5.74, 6) is -2.11. The van der Waals surface area contributed by atoms with Crippen LogP contribution in [0.2, 0.25) is 0 Å². The van der Waals surface area contributed by atoms with Crippen LogP contribution in [-0.4, -0.2) is 33.0 Å². The second-order valence-corrected chi connectivity index (χ2v) is 4.09. The summed E-state index contributed by atoms with van der Waals surface area (Å²) in [6.45, 7) is 2.23. The van der Waals surface area contributed by atoms with Gasteiger partial charge < -0.3 is 5.21 Å². The van der Waals surface area contributed by atoms with Gasteiger partial charge in [-0.1, -0.05) is 30.3 Å². The summed E-state index contributed by atoms with van der Waals surface area (Å²) < 4.78 is 0. The molecule has 1 saturated heterocycles. The Morgan fingerprint density at radius 3 is 2.11 bits per heavy atom. The smallest absolute Gasteiger partial charge is 0.272 e. The van der Waals surface area contributed by atoms with Gasteiger partial charge >= 0.3 is 0 Å². The largest absolute Gasteiger partial charge is 0.765 e. The van der Waals surface area contributed by atoms with E-state index in [-0.39, 0.29) is 5.17 Å². The molecule has 1 aromatic carbocycles. The van der Waals surface area contributed by atoms with E-state index in [4.69, 9.17) is 0 Å². The van der Waals surface area contributed by atoms with Gasteiger partial charge in [0.25, 0.3) is 11.8 Å². The van der Waals surface area contributed by atoms with E-state index in [1.54, 1.807) is 30.3 Å². The molecule has 7 nitrogen and oxygen atoms in total. The Balaban J connectivity index is 2.45. The Bertz CT molecular complexity index is 531. The minimum Gasteiger partial charge on any atom is -0.765 e. The van der Waals surface area contributed by atoms with E-state index in [2.05, 4.69) is 0 Å². The van der Waals surface area contributed by atoms with E-state index in [9.17, 15) is 19.6 Å². The number of hydroxylamine groups is 1. The molecule has 1 unspecified atom stereocenters. The summed E-state index contributed by atoms with van der Waals surface area (Å²) in [4.78, 5) is 35.0. The summed E-state index contributed by atoms with van der Waals surface area (Å²) in [7, 11) is 0.